The normalized spacial score (nSPS) is 12.9. The minimum Gasteiger partial charge on any atom is -0.325 e. The van der Waals surface area contributed by atoms with Crippen LogP contribution in [0.5, 0.6) is 0 Å². The number of amides is 1. The first kappa shape index (κ1) is 24.2. The Kier molecular flexibility index (Phi) is 6.47. The van der Waals surface area contributed by atoms with Gasteiger partial charge in [-0.1, -0.05) is 6.07 Å². The number of halogens is 3. The van der Waals surface area contributed by atoms with Crippen LogP contribution in [0.1, 0.15) is 11.1 Å². The van der Waals surface area contributed by atoms with Crippen LogP contribution in [0.25, 0.3) is 0 Å². The van der Waals surface area contributed by atoms with Crippen molar-refractivity contribution in [1.82, 2.24) is 15.0 Å². The van der Waals surface area contributed by atoms with Crippen LogP contribution in [-0.4, -0.2) is 49.1 Å². The second-order valence-electron chi connectivity index (χ2n) is 7.71. The van der Waals surface area contributed by atoms with Gasteiger partial charge in [-0.3, -0.25) is 14.0 Å². The summed E-state index contributed by atoms with van der Waals surface area (Å²) in [6, 6.07) is 7.77. The Morgan fingerprint density at radius 3 is 2.71 bits per heavy atom. The second-order valence-corrected chi connectivity index (χ2v) is 9.72. The molecule has 0 fully saturated rings. The monoisotopic (exact) mass is 507 g/mol. The number of nitrogens with one attached hydrogen (secondary N) is 2. The number of hydrogen-bond acceptors (Lipinski definition) is 8. The number of aromatic nitrogens is 3. The fraction of sp³-hybridized carbons (Fsp3) is 0.238. The average Bonchev–Trinajstić information content (AvgIpc) is 3.19. The van der Waals surface area contributed by atoms with Gasteiger partial charge in [-0.05, 0) is 29.8 Å². The van der Waals surface area contributed by atoms with Crippen molar-refractivity contribution in [1.29, 1.82) is 0 Å². The number of nitrogens with zero attached hydrogens (tertiary/aromatic N) is 5. The standard InChI is InChI=1S/C21H20F3N7O3S/c1-30(35(2,33)34)17-8-12(6-7-25-17)11-31(20(23)24)19-14(22)10-26-21(29-19)28-16-5-3-4-15-13(16)9-18(32)27-15/h3-8,10,20H,9,11H2,1-2H3,(H,27,32)(H,26,28,29). The minimum absolute atomic E-state index is 0.0193. The van der Waals surface area contributed by atoms with Crippen molar-refractivity contribution in [2.45, 2.75) is 19.5 Å². The predicted molar refractivity (Wildman–Crippen MR) is 124 cm³/mol. The molecule has 184 valence electrons. The number of rotatable bonds is 8. The van der Waals surface area contributed by atoms with Gasteiger partial charge in [-0.25, -0.2) is 22.8 Å². The average molecular weight is 507 g/mol. The summed E-state index contributed by atoms with van der Waals surface area (Å²) in [4.78, 5) is 23.9. The summed E-state index contributed by atoms with van der Waals surface area (Å²) < 4.78 is 67.0. The molecule has 0 saturated carbocycles. The van der Waals surface area contributed by atoms with Gasteiger partial charge in [0.1, 0.15) is 5.82 Å². The maximum Gasteiger partial charge on any atom is 0.316 e. The smallest absolute Gasteiger partial charge is 0.316 e. The summed E-state index contributed by atoms with van der Waals surface area (Å²) in [5.41, 5.74) is 1.98. The zero-order chi connectivity index (χ0) is 25.3. The second kappa shape index (κ2) is 9.37. The van der Waals surface area contributed by atoms with Crippen LogP contribution in [0.15, 0.2) is 42.7 Å². The van der Waals surface area contributed by atoms with Crippen molar-refractivity contribution < 1.29 is 26.4 Å². The third-order valence-electron chi connectivity index (χ3n) is 5.25. The van der Waals surface area contributed by atoms with Crippen molar-refractivity contribution in [3.8, 4) is 0 Å². The van der Waals surface area contributed by atoms with Gasteiger partial charge in [-0.2, -0.15) is 13.8 Å². The highest BCUT2D eigenvalue weighted by Crippen LogP contribution is 2.32. The SMILES string of the molecule is CN(c1cc(CN(c2nc(Nc3cccc4c3CC(=O)N4)ncc2F)C(F)F)ccn1)S(C)(=O)=O. The van der Waals surface area contributed by atoms with E-state index in [1.807, 2.05) is 0 Å². The van der Waals surface area contributed by atoms with E-state index in [0.717, 1.165) is 16.8 Å². The first-order valence-corrected chi connectivity index (χ1v) is 12.0. The van der Waals surface area contributed by atoms with Gasteiger partial charge in [0.25, 0.3) is 0 Å². The maximum atomic E-state index is 14.6. The molecule has 1 aromatic carbocycles. The number of pyridine rings is 1. The number of alkyl halides is 2. The number of carbonyl (C=O) groups excluding carboxylic acids is 1. The summed E-state index contributed by atoms with van der Waals surface area (Å²) in [5, 5.41) is 5.55. The van der Waals surface area contributed by atoms with E-state index in [1.165, 1.54) is 25.4 Å². The van der Waals surface area contributed by atoms with Gasteiger partial charge < -0.3 is 10.6 Å². The lowest BCUT2D eigenvalue weighted by Gasteiger charge is -2.24. The summed E-state index contributed by atoms with van der Waals surface area (Å²) >= 11 is 0. The number of hydrogen-bond donors (Lipinski definition) is 2. The zero-order valence-electron chi connectivity index (χ0n) is 18.5. The molecule has 2 N–H and O–H groups in total. The van der Waals surface area contributed by atoms with Crippen LogP contribution in [0.3, 0.4) is 0 Å². The molecule has 1 amide bonds. The predicted octanol–water partition coefficient (Wildman–Crippen LogP) is 2.87. The Balaban J connectivity index is 1.63. The first-order valence-electron chi connectivity index (χ1n) is 10.2. The quantitative estimate of drug-likeness (QED) is 0.447. The summed E-state index contributed by atoms with van der Waals surface area (Å²) in [6.45, 7) is -3.63. The highest BCUT2D eigenvalue weighted by Gasteiger charge is 2.25. The van der Waals surface area contributed by atoms with Crippen LogP contribution in [0.4, 0.5) is 42.1 Å². The van der Waals surface area contributed by atoms with Crippen LogP contribution >= 0.6 is 0 Å². The largest absolute Gasteiger partial charge is 0.325 e. The van der Waals surface area contributed by atoms with Crippen molar-refractivity contribution >= 4 is 44.9 Å². The Hall–Kier alpha value is -3.94. The van der Waals surface area contributed by atoms with Crippen LogP contribution in [-0.2, 0) is 27.8 Å². The van der Waals surface area contributed by atoms with Crippen molar-refractivity contribution in [2.75, 3.05) is 33.1 Å². The van der Waals surface area contributed by atoms with E-state index in [2.05, 4.69) is 25.6 Å². The minimum atomic E-state index is -3.62. The highest BCUT2D eigenvalue weighted by molar-refractivity contribution is 7.92. The maximum absolute atomic E-state index is 14.6. The topological polar surface area (TPSA) is 120 Å². The molecule has 14 heteroatoms. The van der Waals surface area contributed by atoms with Gasteiger partial charge in [-0.15, -0.1) is 0 Å². The van der Waals surface area contributed by atoms with E-state index in [0.29, 0.717) is 21.8 Å². The Morgan fingerprint density at radius 1 is 1.23 bits per heavy atom. The molecule has 10 nitrogen and oxygen atoms in total. The third kappa shape index (κ3) is 5.26. The molecule has 1 aliphatic rings. The molecule has 3 heterocycles. The van der Waals surface area contributed by atoms with E-state index >= 15 is 0 Å². The van der Waals surface area contributed by atoms with Crippen molar-refractivity contribution in [2.24, 2.45) is 0 Å². The lowest BCUT2D eigenvalue weighted by atomic mass is 10.1. The lowest BCUT2D eigenvalue weighted by Crippen LogP contribution is -2.31. The number of anilines is 5. The van der Waals surface area contributed by atoms with Gasteiger partial charge in [0.2, 0.25) is 21.9 Å². The molecular weight excluding hydrogens is 487 g/mol. The zero-order valence-corrected chi connectivity index (χ0v) is 19.4. The molecular formula is C21H20F3N7O3S. The molecule has 0 spiro atoms. The van der Waals surface area contributed by atoms with Crippen LogP contribution in [0, 0.1) is 5.82 Å². The Bertz CT molecular complexity index is 1390. The van der Waals surface area contributed by atoms with Gasteiger partial charge in [0.05, 0.1) is 25.4 Å². The number of fused-ring (bicyclic) bond motifs is 1. The molecule has 3 aromatic rings. The molecule has 4 rings (SSSR count). The van der Waals surface area contributed by atoms with E-state index < -0.39 is 34.8 Å². The van der Waals surface area contributed by atoms with Crippen molar-refractivity contribution in [3.05, 3.63) is 59.7 Å². The third-order valence-corrected chi connectivity index (χ3v) is 6.43. The Labute approximate surface area is 198 Å². The molecule has 0 atom stereocenters. The first-order chi connectivity index (χ1) is 16.5. The Morgan fingerprint density at radius 2 is 2.00 bits per heavy atom. The van der Waals surface area contributed by atoms with Gasteiger partial charge in [0, 0.05) is 30.2 Å². The molecule has 0 bridgehead atoms. The molecule has 1 aliphatic heterocycles. The number of carbonyl (C=O) groups is 1. The lowest BCUT2D eigenvalue weighted by molar-refractivity contribution is -0.115. The van der Waals surface area contributed by atoms with Crippen molar-refractivity contribution in [3.63, 3.8) is 0 Å². The van der Waals surface area contributed by atoms with E-state index in [-0.39, 0.29) is 29.7 Å². The van der Waals surface area contributed by atoms with Gasteiger partial charge in [0.15, 0.2) is 11.6 Å². The highest BCUT2D eigenvalue weighted by atomic mass is 32.2. The van der Waals surface area contributed by atoms with Gasteiger partial charge >= 0.3 is 6.55 Å². The molecule has 0 unspecified atom stereocenters. The summed E-state index contributed by atoms with van der Waals surface area (Å²) in [6.07, 6.45) is 3.13. The van der Waals surface area contributed by atoms with E-state index in [4.69, 9.17) is 0 Å². The van der Waals surface area contributed by atoms with Crippen LogP contribution in [0.2, 0.25) is 0 Å². The molecule has 35 heavy (non-hydrogen) atoms. The molecule has 0 aliphatic carbocycles. The molecule has 0 saturated heterocycles. The molecule has 2 aromatic heterocycles. The fourth-order valence-corrected chi connectivity index (χ4v) is 3.88. The van der Waals surface area contributed by atoms with Crippen LogP contribution < -0.4 is 19.8 Å². The summed E-state index contributed by atoms with van der Waals surface area (Å²) in [7, 11) is -2.35. The molecule has 0 radical (unpaired) electrons. The summed E-state index contributed by atoms with van der Waals surface area (Å²) in [5.74, 6) is -2.06. The van der Waals surface area contributed by atoms with E-state index in [9.17, 15) is 26.4 Å². The number of benzene rings is 1. The van der Waals surface area contributed by atoms with E-state index in [1.54, 1.807) is 18.2 Å². The fourth-order valence-electron chi connectivity index (χ4n) is 3.44. The number of sulfonamides is 1.